The molecular formula is C12H16F2N2O3. The predicted octanol–water partition coefficient (Wildman–Crippen LogP) is 2.47. The number of anilines is 1. The summed E-state index contributed by atoms with van der Waals surface area (Å²) in [5, 5.41) is 19.5. The average Bonchev–Trinajstić information content (AvgIpc) is 2.32. The molecule has 0 fully saturated rings. The monoisotopic (exact) mass is 274 g/mol. The SMILES string of the molecule is CN(CCCCCO)c1cc(F)cc(F)c1[N+](=O)[O-]. The molecule has 1 rings (SSSR count). The van der Waals surface area contributed by atoms with E-state index in [2.05, 4.69) is 0 Å². The fourth-order valence-electron chi connectivity index (χ4n) is 1.78. The molecule has 0 bridgehead atoms. The summed E-state index contributed by atoms with van der Waals surface area (Å²) in [5.41, 5.74) is -0.794. The number of unbranched alkanes of at least 4 members (excludes halogenated alkanes) is 2. The van der Waals surface area contributed by atoms with Gasteiger partial charge in [0, 0.05) is 32.3 Å². The molecule has 0 saturated carbocycles. The molecule has 0 unspecified atom stereocenters. The quantitative estimate of drug-likeness (QED) is 0.471. The third kappa shape index (κ3) is 4.13. The Labute approximate surface area is 109 Å². The van der Waals surface area contributed by atoms with E-state index in [0.717, 1.165) is 12.5 Å². The topological polar surface area (TPSA) is 66.6 Å². The third-order valence-electron chi connectivity index (χ3n) is 2.75. The average molecular weight is 274 g/mol. The molecule has 5 nitrogen and oxygen atoms in total. The van der Waals surface area contributed by atoms with Gasteiger partial charge in [-0.1, -0.05) is 0 Å². The van der Waals surface area contributed by atoms with E-state index in [1.807, 2.05) is 0 Å². The van der Waals surface area contributed by atoms with Crippen molar-refractivity contribution in [2.45, 2.75) is 19.3 Å². The van der Waals surface area contributed by atoms with Gasteiger partial charge in [-0.25, -0.2) is 4.39 Å². The van der Waals surface area contributed by atoms with Gasteiger partial charge < -0.3 is 10.0 Å². The molecule has 0 aliphatic heterocycles. The van der Waals surface area contributed by atoms with E-state index in [4.69, 9.17) is 5.11 Å². The van der Waals surface area contributed by atoms with Gasteiger partial charge in [0.1, 0.15) is 11.5 Å². The Morgan fingerprint density at radius 3 is 2.58 bits per heavy atom. The second-order valence-electron chi connectivity index (χ2n) is 4.22. The molecule has 7 heteroatoms. The summed E-state index contributed by atoms with van der Waals surface area (Å²) >= 11 is 0. The summed E-state index contributed by atoms with van der Waals surface area (Å²) in [7, 11) is 1.54. The Morgan fingerprint density at radius 1 is 1.32 bits per heavy atom. The zero-order valence-corrected chi connectivity index (χ0v) is 10.6. The van der Waals surface area contributed by atoms with Crippen molar-refractivity contribution < 1.29 is 18.8 Å². The van der Waals surface area contributed by atoms with Crippen molar-refractivity contribution in [3.8, 4) is 0 Å². The molecular weight excluding hydrogens is 258 g/mol. The van der Waals surface area contributed by atoms with Crippen LogP contribution in [0.5, 0.6) is 0 Å². The second-order valence-corrected chi connectivity index (χ2v) is 4.22. The van der Waals surface area contributed by atoms with Crippen LogP contribution in [0.1, 0.15) is 19.3 Å². The van der Waals surface area contributed by atoms with Gasteiger partial charge in [-0.3, -0.25) is 10.1 Å². The molecule has 0 aliphatic rings. The van der Waals surface area contributed by atoms with E-state index in [0.29, 0.717) is 25.5 Å². The Morgan fingerprint density at radius 2 is 2.00 bits per heavy atom. The molecule has 1 aromatic carbocycles. The van der Waals surface area contributed by atoms with E-state index >= 15 is 0 Å². The normalized spacial score (nSPS) is 10.5. The molecule has 0 atom stereocenters. The van der Waals surface area contributed by atoms with Crippen molar-refractivity contribution in [3.05, 3.63) is 33.9 Å². The summed E-state index contributed by atoms with van der Waals surface area (Å²) in [6.07, 6.45) is 2.05. The zero-order valence-electron chi connectivity index (χ0n) is 10.6. The van der Waals surface area contributed by atoms with Gasteiger partial charge in [0.25, 0.3) is 0 Å². The maximum atomic E-state index is 13.4. The lowest BCUT2D eigenvalue weighted by Gasteiger charge is -2.19. The number of rotatable bonds is 7. The largest absolute Gasteiger partial charge is 0.396 e. The Bertz CT molecular complexity index is 455. The van der Waals surface area contributed by atoms with Gasteiger partial charge in [-0.15, -0.1) is 0 Å². The summed E-state index contributed by atoms with van der Waals surface area (Å²) < 4.78 is 26.6. The van der Waals surface area contributed by atoms with Crippen LogP contribution >= 0.6 is 0 Å². The second kappa shape index (κ2) is 6.98. The maximum absolute atomic E-state index is 13.4. The highest BCUT2D eigenvalue weighted by Gasteiger charge is 2.24. The highest BCUT2D eigenvalue weighted by molar-refractivity contribution is 5.63. The minimum absolute atomic E-state index is 0.0773. The van der Waals surface area contributed by atoms with E-state index in [-0.39, 0.29) is 12.3 Å². The molecule has 0 heterocycles. The van der Waals surface area contributed by atoms with Crippen LogP contribution in [0.4, 0.5) is 20.2 Å². The van der Waals surface area contributed by atoms with Crippen LogP contribution in [-0.2, 0) is 0 Å². The molecule has 0 amide bonds. The van der Waals surface area contributed by atoms with Gasteiger partial charge in [0.05, 0.1) is 4.92 Å². The number of hydrogen-bond acceptors (Lipinski definition) is 4. The third-order valence-corrected chi connectivity index (χ3v) is 2.75. The fourth-order valence-corrected chi connectivity index (χ4v) is 1.78. The first kappa shape index (κ1) is 15.3. The van der Waals surface area contributed by atoms with Gasteiger partial charge in [-0.2, -0.15) is 4.39 Å². The molecule has 0 aromatic heterocycles. The number of nitrogens with zero attached hydrogens (tertiary/aromatic N) is 2. The zero-order chi connectivity index (χ0) is 14.4. The van der Waals surface area contributed by atoms with Crippen molar-refractivity contribution >= 4 is 11.4 Å². The van der Waals surface area contributed by atoms with Crippen LogP contribution in [0.3, 0.4) is 0 Å². The summed E-state index contributed by atoms with van der Waals surface area (Å²) in [5.74, 6) is -2.03. The summed E-state index contributed by atoms with van der Waals surface area (Å²) in [6, 6.07) is 1.45. The van der Waals surface area contributed by atoms with Crippen LogP contribution in [0.25, 0.3) is 0 Å². The molecule has 19 heavy (non-hydrogen) atoms. The molecule has 0 aliphatic carbocycles. The lowest BCUT2D eigenvalue weighted by molar-refractivity contribution is -0.386. The first-order chi connectivity index (χ1) is 8.97. The molecule has 106 valence electrons. The number of benzene rings is 1. The van der Waals surface area contributed by atoms with E-state index in [1.54, 1.807) is 7.05 Å². The van der Waals surface area contributed by atoms with Crippen LogP contribution in [-0.4, -0.2) is 30.2 Å². The van der Waals surface area contributed by atoms with Gasteiger partial charge in [0.2, 0.25) is 5.82 Å². The molecule has 0 saturated heterocycles. The number of aliphatic hydroxyl groups excluding tert-OH is 1. The Balaban J connectivity index is 2.88. The first-order valence-corrected chi connectivity index (χ1v) is 5.92. The van der Waals surface area contributed by atoms with Gasteiger partial charge >= 0.3 is 5.69 Å². The summed E-state index contributed by atoms with van der Waals surface area (Å²) in [6.45, 7) is 0.502. The number of aliphatic hydroxyl groups is 1. The smallest absolute Gasteiger partial charge is 0.328 e. The molecule has 0 spiro atoms. The highest BCUT2D eigenvalue weighted by Crippen LogP contribution is 2.31. The van der Waals surface area contributed by atoms with E-state index in [1.165, 1.54) is 4.90 Å². The van der Waals surface area contributed by atoms with Crippen LogP contribution in [0.15, 0.2) is 12.1 Å². The number of nitro benzene ring substituents is 1. The summed E-state index contributed by atoms with van der Waals surface area (Å²) in [4.78, 5) is 11.4. The number of nitro groups is 1. The van der Waals surface area contributed by atoms with Gasteiger partial charge in [0.15, 0.2) is 0 Å². The minimum atomic E-state index is -1.18. The highest BCUT2D eigenvalue weighted by atomic mass is 19.1. The molecule has 0 radical (unpaired) electrons. The van der Waals surface area contributed by atoms with E-state index in [9.17, 15) is 18.9 Å². The lowest BCUT2D eigenvalue weighted by Crippen LogP contribution is -2.20. The van der Waals surface area contributed by atoms with Crippen LogP contribution < -0.4 is 4.90 Å². The van der Waals surface area contributed by atoms with E-state index < -0.39 is 22.2 Å². The van der Waals surface area contributed by atoms with Gasteiger partial charge in [-0.05, 0) is 19.3 Å². The van der Waals surface area contributed by atoms with Crippen molar-refractivity contribution in [3.63, 3.8) is 0 Å². The molecule has 1 N–H and O–H groups in total. The minimum Gasteiger partial charge on any atom is -0.396 e. The van der Waals surface area contributed by atoms with Crippen LogP contribution in [0.2, 0.25) is 0 Å². The fraction of sp³-hybridized carbons (Fsp3) is 0.500. The predicted molar refractivity (Wildman–Crippen MR) is 67.2 cm³/mol. The van der Waals surface area contributed by atoms with Crippen molar-refractivity contribution in [2.24, 2.45) is 0 Å². The lowest BCUT2D eigenvalue weighted by atomic mass is 10.2. The number of hydrogen-bond donors (Lipinski definition) is 1. The van der Waals surface area contributed by atoms with Crippen molar-refractivity contribution in [2.75, 3.05) is 25.1 Å². The maximum Gasteiger partial charge on any atom is 0.328 e. The van der Waals surface area contributed by atoms with Crippen LogP contribution in [0, 0.1) is 21.7 Å². The molecule has 1 aromatic rings. The van der Waals surface area contributed by atoms with Crippen molar-refractivity contribution in [1.29, 1.82) is 0 Å². The number of halogens is 2. The first-order valence-electron chi connectivity index (χ1n) is 5.92. The Kier molecular flexibility index (Phi) is 5.62. The van der Waals surface area contributed by atoms with Crippen molar-refractivity contribution in [1.82, 2.24) is 0 Å². The standard InChI is InChI=1S/C12H16F2N2O3/c1-15(5-3-2-4-6-17)11-8-9(13)7-10(14)12(11)16(18)19/h7-8,17H,2-6H2,1H3. The Hall–Kier alpha value is -1.76.